The van der Waals surface area contributed by atoms with Crippen molar-refractivity contribution in [2.75, 3.05) is 19.6 Å². The van der Waals surface area contributed by atoms with Crippen molar-refractivity contribution < 1.29 is 19.2 Å². The Kier molecular flexibility index (Phi) is 86.4. The topological polar surface area (TPSA) is 156 Å². The van der Waals surface area contributed by atoms with E-state index in [1.807, 2.05) is 0 Å². The first kappa shape index (κ1) is 80.5. The standard InChI is InChI=1S/3C22H47N.H3O4P/c3*1-2-3-4-5-6-7-8-9-10-11-12-13-14-15-16-17-18-19-20-21-22-23;1-5(2,3)4/h3*2-23H2,1H3;(H3,1,2,3,4). The number of phosphoric acid groups is 1. The van der Waals surface area contributed by atoms with E-state index < -0.39 is 7.82 Å². The minimum Gasteiger partial charge on any atom is -0.330 e. The normalized spacial score (nSPS) is 11.3. The summed E-state index contributed by atoms with van der Waals surface area (Å²) in [6, 6.07) is 0. The van der Waals surface area contributed by atoms with E-state index in [1.54, 1.807) is 0 Å². The highest BCUT2D eigenvalue weighted by molar-refractivity contribution is 7.45. The Morgan fingerprint density at radius 3 is 0.324 bits per heavy atom. The van der Waals surface area contributed by atoms with Crippen molar-refractivity contribution in [3.05, 3.63) is 0 Å². The highest BCUT2D eigenvalue weighted by Crippen LogP contribution is 2.26. The lowest BCUT2D eigenvalue weighted by Gasteiger charge is -2.04. The molecule has 7 nitrogen and oxygen atoms in total. The number of hydrogen-bond acceptors (Lipinski definition) is 4. The van der Waals surface area contributed by atoms with Gasteiger partial charge in [0.15, 0.2) is 0 Å². The van der Waals surface area contributed by atoms with E-state index in [0.29, 0.717) is 0 Å². The van der Waals surface area contributed by atoms with Crippen LogP contribution in [0.1, 0.15) is 406 Å². The van der Waals surface area contributed by atoms with E-state index in [9.17, 15) is 0 Å². The van der Waals surface area contributed by atoms with Gasteiger partial charge in [-0.1, -0.05) is 387 Å². The summed E-state index contributed by atoms with van der Waals surface area (Å²) in [7, 11) is -4.64. The van der Waals surface area contributed by atoms with Crippen LogP contribution in [-0.4, -0.2) is 34.3 Å². The van der Waals surface area contributed by atoms with Gasteiger partial charge in [0.25, 0.3) is 0 Å². The molecular formula is C66H144N3O4P. The highest BCUT2D eigenvalue weighted by atomic mass is 31.2. The van der Waals surface area contributed by atoms with Crippen molar-refractivity contribution in [1.82, 2.24) is 0 Å². The fourth-order valence-electron chi connectivity index (χ4n) is 10.2. The van der Waals surface area contributed by atoms with Crippen LogP contribution in [0, 0.1) is 0 Å². The Hall–Kier alpha value is -0.0100. The van der Waals surface area contributed by atoms with Gasteiger partial charge in [0, 0.05) is 0 Å². The smallest absolute Gasteiger partial charge is 0.330 e. The van der Waals surface area contributed by atoms with Crippen molar-refractivity contribution in [1.29, 1.82) is 0 Å². The molecule has 0 heterocycles. The predicted octanol–water partition coefficient (Wildman–Crippen LogP) is 22.4. The third-order valence-corrected chi connectivity index (χ3v) is 15.2. The van der Waals surface area contributed by atoms with E-state index in [1.165, 1.54) is 385 Å². The summed E-state index contributed by atoms with van der Waals surface area (Å²) >= 11 is 0. The Morgan fingerprint density at radius 2 is 0.257 bits per heavy atom. The molecule has 0 unspecified atom stereocenters. The zero-order valence-electron chi connectivity index (χ0n) is 51.5. The first-order valence-electron chi connectivity index (χ1n) is 34.1. The van der Waals surface area contributed by atoms with Gasteiger partial charge in [-0.05, 0) is 38.9 Å². The number of unbranched alkanes of at least 4 members (excludes halogenated alkanes) is 57. The lowest BCUT2D eigenvalue weighted by atomic mass is 10.0. The predicted molar refractivity (Wildman–Crippen MR) is 335 cm³/mol. The van der Waals surface area contributed by atoms with Crippen LogP contribution < -0.4 is 17.2 Å². The van der Waals surface area contributed by atoms with Gasteiger partial charge in [-0.15, -0.1) is 0 Å². The zero-order chi connectivity index (χ0) is 55.0. The molecule has 0 fully saturated rings. The van der Waals surface area contributed by atoms with Gasteiger partial charge in [0.05, 0.1) is 0 Å². The van der Waals surface area contributed by atoms with Crippen LogP contribution >= 0.6 is 7.82 Å². The number of nitrogens with two attached hydrogens (primary N) is 3. The van der Waals surface area contributed by atoms with Crippen LogP contribution in [0.25, 0.3) is 0 Å². The summed E-state index contributed by atoms with van der Waals surface area (Å²) in [6.45, 7) is 9.51. The maximum absolute atomic E-state index is 8.88. The molecule has 0 aromatic rings. The molecule has 0 aliphatic rings. The fraction of sp³-hybridized carbons (Fsp3) is 1.00. The SMILES string of the molecule is CCCCCCCCCCCCCCCCCCCCCCN.CCCCCCCCCCCCCCCCCCCCCCN.CCCCCCCCCCCCCCCCCCCCCCN.O=P(O)(O)O. The van der Waals surface area contributed by atoms with E-state index in [2.05, 4.69) is 20.8 Å². The van der Waals surface area contributed by atoms with Gasteiger partial charge in [-0.3, -0.25) is 0 Å². The van der Waals surface area contributed by atoms with E-state index >= 15 is 0 Å². The number of rotatable bonds is 60. The lowest BCUT2D eigenvalue weighted by molar-refractivity contribution is 0.275. The van der Waals surface area contributed by atoms with Gasteiger partial charge < -0.3 is 31.9 Å². The molecule has 0 aliphatic heterocycles. The van der Waals surface area contributed by atoms with E-state index in [-0.39, 0.29) is 0 Å². The van der Waals surface area contributed by atoms with Gasteiger partial charge in [0.2, 0.25) is 0 Å². The summed E-state index contributed by atoms with van der Waals surface area (Å²) in [4.78, 5) is 21.6. The monoisotopic (exact) mass is 1070 g/mol. The maximum atomic E-state index is 8.88. The molecule has 0 aliphatic carbocycles. The molecule has 74 heavy (non-hydrogen) atoms. The second kappa shape index (κ2) is 79.5. The largest absolute Gasteiger partial charge is 0.466 e. The molecule has 0 atom stereocenters. The first-order chi connectivity index (χ1) is 36.2. The van der Waals surface area contributed by atoms with Crippen molar-refractivity contribution in [2.45, 2.75) is 406 Å². The molecule has 0 amide bonds. The Bertz CT molecular complexity index is 771. The third kappa shape index (κ3) is 101. The van der Waals surface area contributed by atoms with Crippen molar-refractivity contribution in [2.24, 2.45) is 17.2 Å². The van der Waals surface area contributed by atoms with Crippen LogP contribution in [0.5, 0.6) is 0 Å². The summed E-state index contributed by atoms with van der Waals surface area (Å²) in [6.07, 6.45) is 86.5. The van der Waals surface area contributed by atoms with Crippen LogP contribution in [0.2, 0.25) is 0 Å². The molecular weight excluding hydrogens is 930 g/mol. The molecule has 0 aromatic heterocycles. The van der Waals surface area contributed by atoms with Gasteiger partial charge >= 0.3 is 7.82 Å². The summed E-state index contributed by atoms with van der Waals surface area (Å²) in [5, 5.41) is 0. The average Bonchev–Trinajstić information content (AvgIpc) is 3.38. The summed E-state index contributed by atoms with van der Waals surface area (Å²) in [5.74, 6) is 0. The molecule has 452 valence electrons. The minimum absolute atomic E-state index is 0.874. The Balaban J connectivity index is -0.000000473. The first-order valence-corrected chi connectivity index (χ1v) is 35.7. The molecule has 0 bridgehead atoms. The van der Waals surface area contributed by atoms with Crippen molar-refractivity contribution >= 4 is 7.82 Å². The zero-order valence-corrected chi connectivity index (χ0v) is 52.4. The molecule has 0 aromatic carbocycles. The van der Waals surface area contributed by atoms with Gasteiger partial charge in [-0.25, -0.2) is 4.57 Å². The van der Waals surface area contributed by atoms with Crippen molar-refractivity contribution in [3.8, 4) is 0 Å². The molecule has 0 spiro atoms. The Labute approximate surface area is 467 Å². The molecule has 0 saturated carbocycles. The summed E-state index contributed by atoms with van der Waals surface area (Å²) < 4.78 is 8.88. The van der Waals surface area contributed by atoms with Crippen LogP contribution in [-0.2, 0) is 4.57 Å². The minimum atomic E-state index is -4.64. The van der Waals surface area contributed by atoms with Crippen LogP contribution in [0.4, 0.5) is 0 Å². The average molecular weight is 1070 g/mol. The number of hydrogen-bond donors (Lipinski definition) is 6. The van der Waals surface area contributed by atoms with Crippen molar-refractivity contribution in [3.63, 3.8) is 0 Å². The molecule has 0 saturated heterocycles. The highest BCUT2D eigenvalue weighted by Gasteiger charge is 2.01. The molecule has 8 heteroatoms. The second-order valence-corrected chi connectivity index (χ2v) is 24.1. The lowest BCUT2D eigenvalue weighted by Crippen LogP contribution is -1.97. The van der Waals surface area contributed by atoms with Crippen LogP contribution in [0.3, 0.4) is 0 Å². The second-order valence-electron chi connectivity index (χ2n) is 23.0. The van der Waals surface area contributed by atoms with Gasteiger partial charge in [0.1, 0.15) is 0 Å². The Morgan fingerprint density at radius 1 is 0.189 bits per heavy atom. The van der Waals surface area contributed by atoms with Gasteiger partial charge in [-0.2, -0.15) is 0 Å². The molecule has 0 radical (unpaired) electrons. The van der Waals surface area contributed by atoms with E-state index in [4.69, 9.17) is 36.4 Å². The van der Waals surface area contributed by atoms with E-state index in [0.717, 1.165) is 19.6 Å². The summed E-state index contributed by atoms with van der Waals surface area (Å²) in [5.41, 5.74) is 16.5. The maximum Gasteiger partial charge on any atom is 0.466 e. The van der Waals surface area contributed by atoms with Crippen LogP contribution in [0.15, 0.2) is 0 Å². The molecule has 0 rings (SSSR count). The fourth-order valence-corrected chi connectivity index (χ4v) is 10.2. The molecule has 9 N–H and O–H groups in total. The quantitative estimate of drug-likeness (QED) is 0.0262. The third-order valence-electron chi connectivity index (χ3n) is 15.2.